The molecule has 0 unspecified atom stereocenters. The molecule has 3 aromatic rings. The summed E-state index contributed by atoms with van der Waals surface area (Å²) in [5, 5.41) is 3.81. The number of amides is 1. The van der Waals surface area contributed by atoms with Crippen molar-refractivity contribution in [2.75, 3.05) is 24.3 Å². The van der Waals surface area contributed by atoms with Crippen molar-refractivity contribution in [3.63, 3.8) is 0 Å². The van der Waals surface area contributed by atoms with E-state index in [2.05, 4.69) is 26.1 Å². The van der Waals surface area contributed by atoms with Crippen molar-refractivity contribution in [3.05, 3.63) is 64.2 Å². The molecule has 0 saturated heterocycles. The first-order valence-electron chi connectivity index (χ1n) is 11.0. The Morgan fingerprint density at radius 1 is 1.19 bits per heavy atom. The van der Waals surface area contributed by atoms with Gasteiger partial charge in [0.1, 0.15) is 10.8 Å². The van der Waals surface area contributed by atoms with Crippen molar-refractivity contribution in [1.82, 2.24) is 0 Å². The molecule has 0 aliphatic heterocycles. The molecule has 1 atom stereocenters. The molecule has 0 spiro atoms. The zero-order valence-corrected chi connectivity index (χ0v) is 20.3. The fraction of sp³-hybridized carbons (Fsp3) is 0.385. The minimum absolute atomic E-state index is 0.0940. The molecule has 32 heavy (non-hydrogen) atoms. The number of benzene rings is 1. The van der Waals surface area contributed by atoms with Gasteiger partial charge in [-0.25, -0.2) is 4.99 Å². The van der Waals surface area contributed by atoms with Crippen molar-refractivity contribution in [1.29, 1.82) is 0 Å². The van der Waals surface area contributed by atoms with E-state index in [1.165, 1.54) is 4.88 Å². The minimum Gasteiger partial charge on any atom is -0.440 e. The average molecular weight is 450 g/mol. The Labute approximate surface area is 194 Å². The molecule has 1 amide bonds. The van der Waals surface area contributed by atoms with Crippen LogP contribution in [-0.2, 0) is 12.8 Å². The molecular formula is C26H31N3O2S. The molecule has 0 bridgehead atoms. The highest BCUT2D eigenvalue weighted by Gasteiger charge is 2.33. The summed E-state index contributed by atoms with van der Waals surface area (Å²) in [6.45, 7) is 6.91. The number of anilines is 2. The van der Waals surface area contributed by atoms with E-state index in [-0.39, 0.29) is 11.3 Å². The largest absolute Gasteiger partial charge is 0.440 e. The maximum absolute atomic E-state index is 13.3. The lowest BCUT2D eigenvalue weighted by Crippen LogP contribution is -2.27. The van der Waals surface area contributed by atoms with Gasteiger partial charge in [-0.1, -0.05) is 39.0 Å². The maximum Gasteiger partial charge on any atom is 0.259 e. The average Bonchev–Trinajstić information content (AvgIpc) is 3.36. The summed E-state index contributed by atoms with van der Waals surface area (Å²) in [7, 11) is 3.87. The van der Waals surface area contributed by atoms with E-state index in [4.69, 9.17) is 9.41 Å². The topological polar surface area (TPSA) is 57.8 Å². The SMILES string of the molecule is CN(C)c1ccc(C=Nc2sc3c(c2C(=O)Nc2ccccc2)CC[C@H](C(C)(C)C)C3)o1. The molecule has 5 nitrogen and oxygen atoms in total. The molecule has 0 saturated carbocycles. The van der Waals surface area contributed by atoms with Gasteiger partial charge in [-0.2, -0.15) is 0 Å². The highest BCUT2D eigenvalue weighted by atomic mass is 32.1. The van der Waals surface area contributed by atoms with E-state index in [0.717, 1.165) is 41.4 Å². The second-order valence-electron chi connectivity index (χ2n) is 9.64. The lowest BCUT2D eigenvalue weighted by atomic mass is 9.72. The van der Waals surface area contributed by atoms with E-state index in [9.17, 15) is 4.79 Å². The Morgan fingerprint density at radius 2 is 1.94 bits per heavy atom. The van der Waals surface area contributed by atoms with Crippen LogP contribution in [0.1, 0.15) is 53.8 Å². The number of nitrogens with one attached hydrogen (secondary N) is 1. The highest BCUT2D eigenvalue weighted by Crippen LogP contribution is 2.45. The van der Waals surface area contributed by atoms with Gasteiger partial charge < -0.3 is 14.6 Å². The number of nitrogens with zero attached hydrogens (tertiary/aromatic N) is 2. The van der Waals surface area contributed by atoms with Crippen LogP contribution in [0, 0.1) is 11.3 Å². The lowest BCUT2D eigenvalue weighted by Gasteiger charge is -2.33. The van der Waals surface area contributed by atoms with Crippen molar-refractivity contribution in [3.8, 4) is 0 Å². The molecule has 168 valence electrons. The van der Waals surface area contributed by atoms with Crippen LogP contribution in [0.25, 0.3) is 0 Å². The van der Waals surface area contributed by atoms with Gasteiger partial charge in [-0.15, -0.1) is 11.3 Å². The fourth-order valence-corrected chi connectivity index (χ4v) is 5.39. The van der Waals surface area contributed by atoms with Gasteiger partial charge in [0, 0.05) is 30.7 Å². The summed E-state index contributed by atoms with van der Waals surface area (Å²) in [6.07, 6.45) is 4.71. The van der Waals surface area contributed by atoms with Crippen LogP contribution < -0.4 is 10.2 Å². The first-order chi connectivity index (χ1) is 15.2. The highest BCUT2D eigenvalue weighted by molar-refractivity contribution is 7.16. The molecule has 1 N–H and O–H groups in total. The van der Waals surface area contributed by atoms with Crippen LogP contribution in [0.5, 0.6) is 0 Å². The number of fused-ring (bicyclic) bond motifs is 1. The molecule has 2 heterocycles. The van der Waals surface area contributed by atoms with Gasteiger partial charge in [-0.05, 0) is 54.4 Å². The first kappa shape index (κ1) is 22.3. The third-order valence-corrected chi connectivity index (χ3v) is 7.25. The number of para-hydroxylation sites is 1. The summed E-state index contributed by atoms with van der Waals surface area (Å²) >= 11 is 1.64. The van der Waals surface area contributed by atoms with Crippen molar-refractivity contribution < 1.29 is 9.21 Å². The van der Waals surface area contributed by atoms with Crippen LogP contribution in [-0.4, -0.2) is 26.2 Å². The van der Waals surface area contributed by atoms with Crippen LogP contribution in [0.4, 0.5) is 16.6 Å². The number of carbonyl (C=O) groups is 1. The van der Waals surface area contributed by atoms with E-state index >= 15 is 0 Å². The third kappa shape index (κ3) is 4.80. The third-order valence-electron chi connectivity index (χ3n) is 6.09. The van der Waals surface area contributed by atoms with Crippen LogP contribution in [0.15, 0.2) is 51.9 Å². The smallest absolute Gasteiger partial charge is 0.259 e. The molecule has 1 aliphatic rings. The van der Waals surface area contributed by atoms with Gasteiger partial charge in [0.05, 0.1) is 11.8 Å². The van der Waals surface area contributed by atoms with Gasteiger partial charge in [0.25, 0.3) is 5.91 Å². The molecule has 0 radical (unpaired) electrons. The van der Waals surface area contributed by atoms with E-state index in [0.29, 0.717) is 17.2 Å². The second-order valence-corrected chi connectivity index (χ2v) is 10.7. The Hall–Kier alpha value is -2.86. The van der Waals surface area contributed by atoms with E-state index < -0.39 is 0 Å². The number of thiophene rings is 1. The molecule has 6 heteroatoms. The number of carbonyl (C=O) groups excluding carboxylic acids is 1. The predicted molar refractivity (Wildman–Crippen MR) is 134 cm³/mol. The van der Waals surface area contributed by atoms with Crippen molar-refractivity contribution in [2.45, 2.75) is 40.0 Å². The van der Waals surface area contributed by atoms with Crippen LogP contribution in [0.2, 0.25) is 0 Å². The number of hydrogen-bond donors (Lipinski definition) is 1. The molecule has 2 aromatic heterocycles. The Bertz CT molecular complexity index is 1120. The van der Waals surface area contributed by atoms with Gasteiger partial charge in [-0.3, -0.25) is 4.79 Å². The lowest BCUT2D eigenvalue weighted by molar-refractivity contribution is 0.102. The Kier molecular flexibility index (Phi) is 6.24. The van der Waals surface area contributed by atoms with Gasteiger partial charge in [0.2, 0.25) is 0 Å². The van der Waals surface area contributed by atoms with E-state index in [1.54, 1.807) is 17.6 Å². The number of furan rings is 1. The summed E-state index contributed by atoms with van der Waals surface area (Å²) in [4.78, 5) is 21.3. The quantitative estimate of drug-likeness (QED) is 0.449. The summed E-state index contributed by atoms with van der Waals surface area (Å²) < 4.78 is 5.81. The minimum atomic E-state index is -0.0940. The van der Waals surface area contributed by atoms with Crippen LogP contribution in [0.3, 0.4) is 0 Å². The zero-order chi connectivity index (χ0) is 22.9. The standard InChI is InChI=1S/C26H31N3O2S/c1-26(2,3)17-11-13-20-21(15-17)32-25(27-16-19-12-14-22(31-19)29(4)5)23(20)24(30)28-18-9-7-6-8-10-18/h6-10,12,14,16-17H,11,13,15H2,1-5H3,(H,28,30)/t17-/m0/s1. The van der Waals surface area contributed by atoms with E-state index in [1.807, 2.05) is 61.5 Å². The fourth-order valence-electron chi connectivity index (χ4n) is 4.13. The van der Waals surface area contributed by atoms with Gasteiger partial charge in [0.15, 0.2) is 5.88 Å². The summed E-state index contributed by atoms with van der Waals surface area (Å²) in [5.74, 6) is 1.95. The Morgan fingerprint density at radius 3 is 2.59 bits per heavy atom. The van der Waals surface area contributed by atoms with Crippen molar-refractivity contribution in [2.24, 2.45) is 16.3 Å². The number of hydrogen-bond acceptors (Lipinski definition) is 5. The molecule has 4 rings (SSSR count). The zero-order valence-electron chi connectivity index (χ0n) is 19.4. The number of aliphatic imine (C=N–C) groups is 1. The second kappa shape index (κ2) is 8.94. The monoisotopic (exact) mass is 449 g/mol. The van der Waals surface area contributed by atoms with Gasteiger partial charge >= 0.3 is 0 Å². The van der Waals surface area contributed by atoms with Crippen molar-refractivity contribution >= 4 is 40.0 Å². The summed E-state index contributed by atoms with van der Waals surface area (Å²) in [5.41, 5.74) is 2.90. The first-order valence-corrected chi connectivity index (χ1v) is 11.9. The predicted octanol–water partition coefficient (Wildman–Crippen LogP) is 6.56. The molecular weight excluding hydrogens is 418 g/mol. The molecule has 1 aliphatic carbocycles. The molecule has 0 fully saturated rings. The number of rotatable bonds is 5. The maximum atomic E-state index is 13.3. The normalized spacial score (nSPS) is 16.2. The molecule has 1 aromatic carbocycles. The Balaban J connectivity index is 1.68. The summed E-state index contributed by atoms with van der Waals surface area (Å²) in [6, 6.07) is 13.4. The van der Waals surface area contributed by atoms with Crippen LogP contribution >= 0.6 is 11.3 Å².